The van der Waals surface area contributed by atoms with Crippen LogP contribution in [0.15, 0.2) is 0 Å². The predicted octanol–water partition coefficient (Wildman–Crippen LogP) is 2.34. The lowest BCUT2D eigenvalue weighted by molar-refractivity contribution is -0.144. The summed E-state index contributed by atoms with van der Waals surface area (Å²) in [6.45, 7) is 10.2. The Hall–Kier alpha value is -0.610. The summed E-state index contributed by atoms with van der Waals surface area (Å²) in [5.41, 5.74) is -0.822. The summed E-state index contributed by atoms with van der Waals surface area (Å²) in [7, 11) is 1.71. The number of aliphatic carboxylic acids is 1. The topological polar surface area (TPSA) is 52.6 Å². The molecule has 4 heteroatoms. The van der Waals surface area contributed by atoms with E-state index in [0.29, 0.717) is 12.5 Å². The second-order valence-electron chi connectivity index (χ2n) is 5.47. The van der Waals surface area contributed by atoms with E-state index in [0.717, 1.165) is 13.1 Å². The standard InChI is InChI=1S/C14H30N2O2/c1-6-7-8-10-16(12(2)3)11-9-14(4,15-5)13(17)18/h12,15H,6-11H2,1-5H3,(H,17,18). The molecule has 108 valence electrons. The van der Waals surface area contributed by atoms with Crippen molar-refractivity contribution in [2.24, 2.45) is 0 Å². The Morgan fingerprint density at radius 1 is 1.33 bits per heavy atom. The molecule has 0 aromatic rings. The van der Waals surface area contributed by atoms with Gasteiger partial charge in [-0.05, 0) is 47.2 Å². The fourth-order valence-electron chi connectivity index (χ4n) is 1.90. The number of carbonyl (C=O) groups is 1. The first-order valence-corrected chi connectivity index (χ1v) is 7.03. The number of unbranched alkanes of at least 4 members (excludes halogenated alkanes) is 2. The average Bonchev–Trinajstić information content (AvgIpc) is 2.32. The van der Waals surface area contributed by atoms with Gasteiger partial charge in [-0.3, -0.25) is 4.79 Å². The first-order valence-electron chi connectivity index (χ1n) is 7.03. The molecule has 18 heavy (non-hydrogen) atoms. The van der Waals surface area contributed by atoms with Crippen molar-refractivity contribution in [1.82, 2.24) is 10.2 Å². The summed E-state index contributed by atoms with van der Waals surface area (Å²) in [6.07, 6.45) is 4.28. The van der Waals surface area contributed by atoms with Gasteiger partial charge in [-0.25, -0.2) is 0 Å². The van der Waals surface area contributed by atoms with E-state index in [1.165, 1.54) is 19.3 Å². The molecule has 0 aliphatic rings. The third kappa shape index (κ3) is 5.83. The third-order valence-corrected chi connectivity index (χ3v) is 3.70. The van der Waals surface area contributed by atoms with Crippen LogP contribution in [0.2, 0.25) is 0 Å². The molecule has 0 aromatic heterocycles. The van der Waals surface area contributed by atoms with Gasteiger partial charge in [0, 0.05) is 12.6 Å². The van der Waals surface area contributed by atoms with Crippen molar-refractivity contribution in [3.8, 4) is 0 Å². The average molecular weight is 258 g/mol. The number of carboxylic acids is 1. The normalized spacial score (nSPS) is 15.1. The van der Waals surface area contributed by atoms with Crippen molar-refractivity contribution < 1.29 is 9.90 Å². The van der Waals surface area contributed by atoms with E-state index >= 15 is 0 Å². The van der Waals surface area contributed by atoms with Gasteiger partial charge in [0.15, 0.2) is 0 Å². The monoisotopic (exact) mass is 258 g/mol. The highest BCUT2D eigenvalue weighted by atomic mass is 16.4. The number of hydrogen-bond acceptors (Lipinski definition) is 3. The molecule has 1 atom stereocenters. The number of rotatable bonds is 10. The molecule has 0 radical (unpaired) electrons. The molecule has 0 spiro atoms. The van der Waals surface area contributed by atoms with Gasteiger partial charge in [0.05, 0.1) is 0 Å². The number of likely N-dealkylation sites (N-methyl/N-ethyl adjacent to an activating group) is 1. The van der Waals surface area contributed by atoms with Crippen LogP contribution in [0.25, 0.3) is 0 Å². The Kier molecular flexibility index (Phi) is 8.20. The second-order valence-corrected chi connectivity index (χ2v) is 5.47. The van der Waals surface area contributed by atoms with Gasteiger partial charge in [0.1, 0.15) is 5.54 Å². The van der Waals surface area contributed by atoms with Crippen molar-refractivity contribution in [2.45, 2.75) is 65.0 Å². The van der Waals surface area contributed by atoms with Crippen molar-refractivity contribution in [2.75, 3.05) is 20.1 Å². The highest BCUT2D eigenvalue weighted by molar-refractivity contribution is 5.78. The van der Waals surface area contributed by atoms with Crippen LogP contribution >= 0.6 is 0 Å². The Morgan fingerprint density at radius 3 is 2.33 bits per heavy atom. The maximum Gasteiger partial charge on any atom is 0.323 e. The van der Waals surface area contributed by atoms with Crippen LogP contribution < -0.4 is 5.32 Å². The fourth-order valence-corrected chi connectivity index (χ4v) is 1.90. The van der Waals surface area contributed by atoms with Crippen LogP contribution in [0.5, 0.6) is 0 Å². The van der Waals surface area contributed by atoms with Crippen molar-refractivity contribution in [3.63, 3.8) is 0 Å². The summed E-state index contributed by atoms with van der Waals surface area (Å²) in [5.74, 6) is -0.776. The Balaban J connectivity index is 4.29. The zero-order valence-electron chi connectivity index (χ0n) is 12.6. The minimum absolute atomic E-state index is 0.469. The van der Waals surface area contributed by atoms with E-state index in [4.69, 9.17) is 0 Å². The highest BCUT2D eigenvalue weighted by Crippen LogP contribution is 2.13. The molecule has 0 fully saturated rings. The summed E-state index contributed by atoms with van der Waals surface area (Å²) in [6, 6.07) is 0.469. The van der Waals surface area contributed by atoms with Crippen LogP contribution in [0.3, 0.4) is 0 Å². The maximum absolute atomic E-state index is 11.2. The van der Waals surface area contributed by atoms with Crippen molar-refractivity contribution in [3.05, 3.63) is 0 Å². The van der Waals surface area contributed by atoms with E-state index in [1.54, 1.807) is 14.0 Å². The lowest BCUT2D eigenvalue weighted by Gasteiger charge is -2.31. The maximum atomic E-state index is 11.2. The fraction of sp³-hybridized carbons (Fsp3) is 0.929. The molecule has 0 saturated heterocycles. The van der Waals surface area contributed by atoms with E-state index in [1.807, 2.05) is 0 Å². The molecule has 0 amide bonds. The summed E-state index contributed by atoms with van der Waals surface area (Å²) in [4.78, 5) is 13.6. The van der Waals surface area contributed by atoms with Gasteiger partial charge in [-0.1, -0.05) is 19.8 Å². The largest absolute Gasteiger partial charge is 0.480 e. The van der Waals surface area contributed by atoms with Gasteiger partial charge in [0.25, 0.3) is 0 Å². The Labute approximate surface area is 112 Å². The van der Waals surface area contributed by atoms with Gasteiger partial charge >= 0.3 is 5.97 Å². The van der Waals surface area contributed by atoms with E-state index in [-0.39, 0.29) is 0 Å². The number of hydrogen-bond donors (Lipinski definition) is 2. The van der Waals surface area contributed by atoms with E-state index in [2.05, 4.69) is 31.0 Å². The summed E-state index contributed by atoms with van der Waals surface area (Å²) >= 11 is 0. The molecule has 0 aromatic carbocycles. The van der Waals surface area contributed by atoms with E-state index in [9.17, 15) is 9.90 Å². The van der Waals surface area contributed by atoms with Crippen molar-refractivity contribution >= 4 is 5.97 Å². The van der Waals surface area contributed by atoms with Gasteiger partial charge in [-0.15, -0.1) is 0 Å². The van der Waals surface area contributed by atoms with Crippen LogP contribution in [0.1, 0.15) is 53.4 Å². The van der Waals surface area contributed by atoms with Gasteiger partial charge in [-0.2, -0.15) is 0 Å². The molecular weight excluding hydrogens is 228 g/mol. The van der Waals surface area contributed by atoms with Crippen LogP contribution in [0.4, 0.5) is 0 Å². The lowest BCUT2D eigenvalue weighted by Crippen LogP contribution is -2.50. The van der Waals surface area contributed by atoms with Crippen molar-refractivity contribution in [1.29, 1.82) is 0 Å². The molecule has 0 aliphatic carbocycles. The second kappa shape index (κ2) is 8.48. The van der Waals surface area contributed by atoms with E-state index < -0.39 is 11.5 Å². The Morgan fingerprint density at radius 2 is 1.94 bits per heavy atom. The van der Waals surface area contributed by atoms with Crippen LogP contribution in [0, 0.1) is 0 Å². The molecular formula is C14H30N2O2. The Bertz CT molecular complexity index is 244. The minimum atomic E-state index is -0.822. The van der Waals surface area contributed by atoms with Gasteiger partial charge in [0.2, 0.25) is 0 Å². The summed E-state index contributed by atoms with van der Waals surface area (Å²) < 4.78 is 0. The van der Waals surface area contributed by atoms with Crippen LogP contribution in [-0.4, -0.2) is 47.7 Å². The molecule has 2 N–H and O–H groups in total. The predicted molar refractivity (Wildman–Crippen MR) is 76.0 cm³/mol. The zero-order chi connectivity index (χ0) is 14.2. The minimum Gasteiger partial charge on any atom is -0.480 e. The molecule has 4 nitrogen and oxygen atoms in total. The lowest BCUT2D eigenvalue weighted by atomic mass is 9.97. The SMILES string of the molecule is CCCCCN(CCC(C)(NC)C(=O)O)C(C)C. The number of carboxylic acid groups (broad SMARTS) is 1. The smallest absolute Gasteiger partial charge is 0.323 e. The zero-order valence-corrected chi connectivity index (χ0v) is 12.6. The third-order valence-electron chi connectivity index (χ3n) is 3.70. The quantitative estimate of drug-likeness (QED) is 0.591. The van der Waals surface area contributed by atoms with Crippen LogP contribution in [-0.2, 0) is 4.79 Å². The molecule has 0 saturated carbocycles. The van der Waals surface area contributed by atoms with Gasteiger partial charge < -0.3 is 15.3 Å². The summed E-state index contributed by atoms with van der Waals surface area (Å²) in [5, 5.41) is 12.1. The molecule has 0 bridgehead atoms. The molecule has 0 aliphatic heterocycles. The number of nitrogens with one attached hydrogen (secondary N) is 1. The molecule has 0 heterocycles. The molecule has 0 rings (SSSR count). The first kappa shape index (κ1) is 17.4. The highest BCUT2D eigenvalue weighted by Gasteiger charge is 2.31. The number of nitrogens with zero attached hydrogens (tertiary/aromatic N) is 1. The first-order chi connectivity index (χ1) is 8.37. The molecule has 1 unspecified atom stereocenters.